The highest BCUT2D eigenvalue weighted by Gasteiger charge is 2.24. The van der Waals surface area contributed by atoms with Crippen molar-refractivity contribution in [1.29, 1.82) is 0 Å². The van der Waals surface area contributed by atoms with E-state index in [4.69, 9.17) is 4.52 Å². The Morgan fingerprint density at radius 3 is 2.65 bits per heavy atom. The number of aryl methyl sites for hydroxylation is 1. The Hall–Kier alpha value is -2.24. The fourth-order valence-electron chi connectivity index (χ4n) is 1.84. The van der Waals surface area contributed by atoms with Crippen molar-refractivity contribution in [3.63, 3.8) is 0 Å². The summed E-state index contributed by atoms with van der Waals surface area (Å²) in [6, 6.07) is 2.99. The number of hydrogen-bond acceptors (Lipinski definition) is 3. The van der Waals surface area contributed by atoms with Crippen LogP contribution in [0.5, 0.6) is 0 Å². The van der Waals surface area contributed by atoms with Gasteiger partial charge in [-0.2, -0.15) is 0 Å². The molecular formula is C14H14F2N2O2. The predicted molar refractivity (Wildman–Crippen MR) is 69.2 cm³/mol. The predicted octanol–water partition coefficient (Wildman–Crippen LogP) is 3.07. The maximum absolute atomic E-state index is 13.8. The topological polar surface area (TPSA) is 55.1 Å². The lowest BCUT2D eigenvalue weighted by atomic mass is 10.0. The molecule has 0 bridgehead atoms. The van der Waals surface area contributed by atoms with Gasteiger partial charge < -0.3 is 9.84 Å². The van der Waals surface area contributed by atoms with Gasteiger partial charge in [0.15, 0.2) is 0 Å². The van der Waals surface area contributed by atoms with Crippen LogP contribution in [0.2, 0.25) is 0 Å². The standard InChI is InChI=1S/C14H14F2N2O2/c1-7(2)17-14(19)12-8(3)20-18-13(12)10-5-4-9(15)6-11(10)16/h4-7H,1-3H3,(H,17,19). The maximum atomic E-state index is 13.8. The number of nitrogens with zero attached hydrogens (tertiary/aromatic N) is 1. The van der Waals surface area contributed by atoms with Crippen LogP contribution >= 0.6 is 0 Å². The first kappa shape index (κ1) is 14.2. The van der Waals surface area contributed by atoms with Crippen LogP contribution in [-0.2, 0) is 0 Å². The summed E-state index contributed by atoms with van der Waals surface area (Å²) >= 11 is 0. The monoisotopic (exact) mass is 280 g/mol. The summed E-state index contributed by atoms with van der Waals surface area (Å²) in [5.41, 5.74) is 0.250. The van der Waals surface area contributed by atoms with Gasteiger partial charge >= 0.3 is 0 Å². The van der Waals surface area contributed by atoms with E-state index in [9.17, 15) is 13.6 Å². The Morgan fingerprint density at radius 1 is 1.35 bits per heavy atom. The fraction of sp³-hybridized carbons (Fsp3) is 0.286. The minimum atomic E-state index is -0.795. The first-order chi connectivity index (χ1) is 9.40. The molecule has 4 nitrogen and oxygen atoms in total. The molecule has 1 heterocycles. The van der Waals surface area contributed by atoms with Crippen molar-refractivity contribution in [1.82, 2.24) is 10.5 Å². The zero-order valence-corrected chi connectivity index (χ0v) is 11.3. The second-order valence-electron chi connectivity index (χ2n) is 4.71. The molecule has 1 N–H and O–H groups in total. The van der Waals surface area contributed by atoms with Crippen molar-refractivity contribution in [2.45, 2.75) is 26.8 Å². The molecule has 1 aromatic carbocycles. The molecule has 1 amide bonds. The van der Waals surface area contributed by atoms with Gasteiger partial charge in [-0.05, 0) is 32.9 Å². The zero-order chi connectivity index (χ0) is 14.9. The van der Waals surface area contributed by atoms with Gasteiger partial charge in [0.25, 0.3) is 5.91 Å². The molecule has 2 aromatic rings. The van der Waals surface area contributed by atoms with E-state index in [1.54, 1.807) is 20.8 Å². The van der Waals surface area contributed by atoms with E-state index in [0.29, 0.717) is 0 Å². The average molecular weight is 280 g/mol. The lowest BCUT2D eigenvalue weighted by molar-refractivity contribution is 0.0942. The first-order valence-corrected chi connectivity index (χ1v) is 6.12. The molecule has 106 valence electrons. The Kier molecular flexibility index (Phi) is 3.83. The molecule has 0 spiro atoms. The Morgan fingerprint density at radius 2 is 2.05 bits per heavy atom. The Bertz CT molecular complexity index is 651. The Labute approximate surface area is 114 Å². The van der Waals surface area contributed by atoms with Crippen molar-refractivity contribution in [2.24, 2.45) is 0 Å². The summed E-state index contributed by atoms with van der Waals surface area (Å²) in [6.07, 6.45) is 0. The number of carbonyl (C=O) groups excluding carboxylic acids is 1. The molecule has 0 fully saturated rings. The zero-order valence-electron chi connectivity index (χ0n) is 11.3. The lowest BCUT2D eigenvalue weighted by Crippen LogP contribution is -2.30. The molecule has 0 aliphatic heterocycles. The summed E-state index contributed by atoms with van der Waals surface area (Å²) in [5.74, 6) is -1.61. The molecule has 1 aromatic heterocycles. The molecule has 0 aliphatic rings. The second kappa shape index (κ2) is 5.40. The molecule has 0 saturated heterocycles. The second-order valence-corrected chi connectivity index (χ2v) is 4.71. The third-order valence-electron chi connectivity index (χ3n) is 2.70. The molecular weight excluding hydrogens is 266 g/mol. The number of rotatable bonds is 3. The molecule has 2 rings (SSSR count). The summed E-state index contributed by atoms with van der Waals surface area (Å²) in [6.45, 7) is 5.17. The summed E-state index contributed by atoms with van der Waals surface area (Å²) < 4.78 is 31.7. The van der Waals surface area contributed by atoms with E-state index in [1.165, 1.54) is 6.07 Å². The van der Waals surface area contributed by atoms with Crippen LogP contribution in [0.1, 0.15) is 30.0 Å². The van der Waals surface area contributed by atoms with Crippen LogP contribution in [0, 0.1) is 18.6 Å². The number of hydrogen-bond donors (Lipinski definition) is 1. The van der Waals surface area contributed by atoms with Gasteiger partial charge in [-0.15, -0.1) is 0 Å². The summed E-state index contributed by atoms with van der Waals surface area (Å²) in [4.78, 5) is 12.1. The number of nitrogens with one attached hydrogen (secondary N) is 1. The van der Waals surface area contributed by atoms with Gasteiger partial charge in [-0.25, -0.2) is 8.78 Å². The van der Waals surface area contributed by atoms with Crippen molar-refractivity contribution in [3.05, 3.63) is 41.2 Å². The van der Waals surface area contributed by atoms with Crippen molar-refractivity contribution < 1.29 is 18.1 Å². The van der Waals surface area contributed by atoms with Crippen LogP contribution < -0.4 is 5.32 Å². The average Bonchev–Trinajstić information content (AvgIpc) is 2.70. The van der Waals surface area contributed by atoms with Gasteiger partial charge in [0.2, 0.25) is 0 Å². The maximum Gasteiger partial charge on any atom is 0.257 e. The normalized spacial score (nSPS) is 10.9. The van der Waals surface area contributed by atoms with E-state index in [-0.39, 0.29) is 28.6 Å². The molecule has 0 saturated carbocycles. The van der Waals surface area contributed by atoms with Gasteiger partial charge in [0.1, 0.15) is 28.7 Å². The van der Waals surface area contributed by atoms with Crippen LogP contribution in [-0.4, -0.2) is 17.1 Å². The highest BCUT2D eigenvalue weighted by molar-refractivity contribution is 6.00. The third-order valence-corrected chi connectivity index (χ3v) is 2.70. The van der Waals surface area contributed by atoms with Gasteiger partial charge in [-0.3, -0.25) is 4.79 Å². The van der Waals surface area contributed by atoms with Gasteiger partial charge in [-0.1, -0.05) is 5.16 Å². The molecule has 0 atom stereocenters. The third kappa shape index (κ3) is 2.68. The van der Waals surface area contributed by atoms with Crippen LogP contribution in [0.15, 0.2) is 22.7 Å². The number of halogens is 2. The minimum absolute atomic E-state index is 0.0251. The summed E-state index contributed by atoms with van der Waals surface area (Å²) in [7, 11) is 0. The Balaban J connectivity index is 2.50. The van der Waals surface area contributed by atoms with Crippen molar-refractivity contribution in [3.8, 4) is 11.3 Å². The fourth-order valence-corrected chi connectivity index (χ4v) is 1.84. The lowest BCUT2D eigenvalue weighted by Gasteiger charge is -2.08. The number of aromatic nitrogens is 1. The quantitative estimate of drug-likeness (QED) is 0.940. The van der Waals surface area contributed by atoms with Crippen molar-refractivity contribution in [2.75, 3.05) is 0 Å². The number of carbonyl (C=O) groups is 1. The molecule has 0 aliphatic carbocycles. The largest absolute Gasteiger partial charge is 0.360 e. The first-order valence-electron chi connectivity index (χ1n) is 6.12. The van der Waals surface area contributed by atoms with E-state index in [0.717, 1.165) is 12.1 Å². The highest BCUT2D eigenvalue weighted by atomic mass is 19.1. The molecule has 0 radical (unpaired) electrons. The van der Waals surface area contributed by atoms with E-state index >= 15 is 0 Å². The van der Waals surface area contributed by atoms with Crippen LogP contribution in [0.25, 0.3) is 11.3 Å². The molecule has 6 heteroatoms. The smallest absolute Gasteiger partial charge is 0.257 e. The molecule has 20 heavy (non-hydrogen) atoms. The van der Waals surface area contributed by atoms with E-state index in [1.807, 2.05) is 0 Å². The molecule has 0 unspecified atom stereocenters. The van der Waals surface area contributed by atoms with Crippen LogP contribution in [0.4, 0.5) is 8.78 Å². The summed E-state index contributed by atoms with van der Waals surface area (Å²) in [5, 5.41) is 6.40. The minimum Gasteiger partial charge on any atom is -0.360 e. The van der Waals surface area contributed by atoms with Gasteiger partial charge in [0.05, 0.1) is 0 Å². The van der Waals surface area contributed by atoms with Gasteiger partial charge in [0, 0.05) is 17.7 Å². The highest BCUT2D eigenvalue weighted by Crippen LogP contribution is 2.28. The number of benzene rings is 1. The SMILES string of the molecule is Cc1onc(-c2ccc(F)cc2F)c1C(=O)NC(C)C. The number of amides is 1. The van der Waals surface area contributed by atoms with Crippen LogP contribution in [0.3, 0.4) is 0 Å². The van der Waals surface area contributed by atoms with E-state index < -0.39 is 17.5 Å². The van der Waals surface area contributed by atoms with E-state index in [2.05, 4.69) is 10.5 Å². The van der Waals surface area contributed by atoms with Crippen molar-refractivity contribution >= 4 is 5.91 Å².